The van der Waals surface area contributed by atoms with E-state index in [1.165, 1.54) is 0 Å². The Labute approximate surface area is 136 Å². The molecule has 2 aromatic carbocycles. The first-order valence-electron chi connectivity index (χ1n) is 7.63. The molecule has 0 unspecified atom stereocenters. The monoisotopic (exact) mass is 302 g/mol. The lowest BCUT2D eigenvalue weighted by molar-refractivity contribution is 0.451. The molecule has 1 aromatic heterocycles. The quantitative estimate of drug-likeness (QED) is 0.618. The third kappa shape index (κ3) is 3.83. The average molecular weight is 302 g/mol. The van der Waals surface area contributed by atoms with E-state index in [0.717, 1.165) is 29.0 Å². The van der Waals surface area contributed by atoms with Crippen molar-refractivity contribution >= 4 is 0 Å². The van der Waals surface area contributed by atoms with Gasteiger partial charge in [0.15, 0.2) is 0 Å². The van der Waals surface area contributed by atoms with Gasteiger partial charge in [-0.15, -0.1) is 10.2 Å². The van der Waals surface area contributed by atoms with Gasteiger partial charge >= 0.3 is 0 Å². The number of hydrogen-bond donors (Lipinski definition) is 0. The van der Waals surface area contributed by atoms with Crippen LogP contribution in [0.15, 0.2) is 78.9 Å². The fraction of sp³-hybridized carbons (Fsp3) is 0.100. The number of aromatic nitrogens is 2. The van der Waals surface area contributed by atoms with Crippen LogP contribution >= 0.6 is 0 Å². The molecule has 0 bridgehead atoms. The zero-order valence-electron chi connectivity index (χ0n) is 13.0. The van der Waals surface area contributed by atoms with Crippen molar-refractivity contribution in [3.05, 3.63) is 84.4 Å². The van der Waals surface area contributed by atoms with E-state index in [4.69, 9.17) is 4.74 Å². The second kappa shape index (κ2) is 7.36. The van der Waals surface area contributed by atoms with Crippen molar-refractivity contribution in [2.24, 2.45) is 0 Å². The van der Waals surface area contributed by atoms with Crippen LogP contribution in [0.3, 0.4) is 0 Å². The normalized spacial score (nSPS) is 10.8. The van der Waals surface area contributed by atoms with Crippen molar-refractivity contribution < 1.29 is 4.74 Å². The number of hydrogen-bond acceptors (Lipinski definition) is 3. The summed E-state index contributed by atoms with van der Waals surface area (Å²) in [7, 11) is 0. The summed E-state index contributed by atoms with van der Waals surface area (Å²) in [6.45, 7) is 2.01. The molecule has 0 radical (unpaired) electrons. The summed E-state index contributed by atoms with van der Waals surface area (Å²) in [5, 5.41) is 8.43. The van der Waals surface area contributed by atoms with Crippen molar-refractivity contribution in [3.63, 3.8) is 0 Å². The average Bonchev–Trinajstić information content (AvgIpc) is 2.62. The van der Waals surface area contributed by atoms with E-state index in [9.17, 15) is 0 Å². The van der Waals surface area contributed by atoms with Gasteiger partial charge in [0.1, 0.15) is 5.75 Å². The van der Waals surface area contributed by atoms with E-state index in [1.807, 2.05) is 73.7 Å². The maximum Gasteiger partial charge on any atom is 0.238 e. The number of rotatable bonds is 5. The molecule has 0 N–H and O–H groups in total. The van der Waals surface area contributed by atoms with Crippen LogP contribution in [0.2, 0.25) is 0 Å². The second-order valence-electron chi connectivity index (χ2n) is 5.11. The van der Waals surface area contributed by atoms with Crippen LogP contribution in [0.1, 0.15) is 12.5 Å². The van der Waals surface area contributed by atoms with Crippen LogP contribution < -0.4 is 4.74 Å². The lowest BCUT2D eigenvalue weighted by Gasteiger charge is -2.09. The predicted octanol–water partition coefficient (Wildman–Crippen LogP) is 5.05. The third-order valence-corrected chi connectivity index (χ3v) is 3.47. The molecule has 0 fully saturated rings. The van der Waals surface area contributed by atoms with Crippen molar-refractivity contribution in [3.8, 4) is 22.9 Å². The zero-order chi connectivity index (χ0) is 15.9. The van der Waals surface area contributed by atoms with Gasteiger partial charge in [0.05, 0.1) is 5.69 Å². The maximum atomic E-state index is 5.89. The van der Waals surface area contributed by atoms with E-state index < -0.39 is 0 Å². The van der Waals surface area contributed by atoms with Crippen LogP contribution in [0, 0.1) is 0 Å². The first kappa shape index (κ1) is 15.0. The highest BCUT2D eigenvalue weighted by atomic mass is 16.5. The van der Waals surface area contributed by atoms with Crippen LogP contribution in [0.4, 0.5) is 0 Å². The molecule has 3 nitrogen and oxygen atoms in total. The van der Waals surface area contributed by atoms with Crippen molar-refractivity contribution in [1.29, 1.82) is 0 Å². The summed E-state index contributed by atoms with van der Waals surface area (Å²) in [6.07, 6.45) is 4.97. The molecule has 3 rings (SSSR count). The minimum absolute atomic E-state index is 0.498. The third-order valence-electron chi connectivity index (χ3n) is 3.47. The van der Waals surface area contributed by atoms with Crippen LogP contribution in [0.25, 0.3) is 11.3 Å². The van der Waals surface area contributed by atoms with Crippen molar-refractivity contribution in [1.82, 2.24) is 10.2 Å². The highest BCUT2D eigenvalue weighted by Crippen LogP contribution is 2.25. The Hall–Kier alpha value is -2.94. The summed E-state index contributed by atoms with van der Waals surface area (Å²) in [5.74, 6) is 1.31. The van der Waals surface area contributed by atoms with Gasteiger partial charge in [0, 0.05) is 11.6 Å². The summed E-state index contributed by atoms with van der Waals surface area (Å²) < 4.78 is 5.89. The van der Waals surface area contributed by atoms with E-state index in [2.05, 4.69) is 22.3 Å². The van der Waals surface area contributed by atoms with Crippen LogP contribution in [0.5, 0.6) is 11.6 Å². The molecule has 23 heavy (non-hydrogen) atoms. The standard InChI is InChI=1S/C20H18N2O/c1-2-3-9-17-12-7-8-13-19(17)23-20-15-14-18(21-22-20)16-10-5-4-6-11-16/h2-8,10-15H,9H2,1H3. The van der Waals surface area contributed by atoms with Crippen molar-refractivity contribution in [2.75, 3.05) is 0 Å². The molecular weight excluding hydrogens is 284 g/mol. The summed E-state index contributed by atoms with van der Waals surface area (Å²) in [5.41, 5.74) is 3.00. The van der Waals surface area contributed by atoms with Crippen molar-refractivity contribution in [2.45, 2.75) is 13.3 Å². The smallest absolute Gasteiger partial charge is 0.238 e. The van der Waals surface area contributed by atoms with E-state index in [0.29, 0.717) is 5.88 Å². The fourth-order valence-electron chi connectivity index (χ4n) is 2.27. The van der Waals surface area contributed by atoms with Gasteiger partial charge in [-0.3, -0.25) is 0 Å². The molecule has 0 saturated heterocycles. The first-order valence-corrected chi connectivity index (χ1v) is 7.63. The van der Waals surface area contributed by atoms with Gasteiger partial charge in [0.25, 0.3) is 0 Å². The molecule has 0 aliphatic carbocycles. The minimum Gasteiger partial charge on any atom is -0.437 e. The molecule has 3 heteroatoms. The number of nitrogens with zero attached hydrogens (tertiary/aromatic N) is 2. The van der Waals surface area contributed by atoms with E-state index >= 15 is 0 Å². The Balaban J connectivity index is 1.79. The van der Waals surface area contributed by atoms with Crippen LogP contribution in [-0.4, -0.2) is 10.2 Å². The van der Waals surface area contributed by atoms with E-state index in [1.54, 1.807) is 0 Å². The summed E-state index contributed by atoms with van der Waals surface area (Å²) in [6, 6.07) is 21.7. The molecule has 1 heterocycles. The van der Waals surface area contributed by atoms with Gasteiger partial charge in [-0.25, -0.2) is 0 Å². The number of allylic oxidation sites excluding steroid dienone is 2. The molecule has 0 saturated carbocycles. The lowest BCUT2D eigenvalue weighted by Crippen LogP contribution is -1.95. The van der Waals surface area contributed by atoms with Gasteiger partial charge in [-0.2, -0.15) is 0 Å². The Kier molecular flexibility index (Phi) is 4.79. The predicted molar refractivity (Wildman–Crippen MR) is 92.5 cm³/mol. The Morgan fingerprint density at radius 2 is 1.65 bits per heavy atom. The SMILES string of the molecule is CC=CCc1ccccc1Oc1ccc(-c2ccccc2)nn1. The topological polar surface area (TPSA) is 35.0 Å². The van der Waals surface area contributed by atoms with Crippen LogP contribution in [-0.2, 0) is 6.42 Å². The Morgan fingerprint density at radius 3 is 2.39 bits per heavy atom. The fourth-order valence-corrected chi connectivity index (χ4v) is 2.27. The lowest BCUT2D eigenvalue weighted by atomic mass is 10.1. The largest absolute Gasteiger partial charge is 0.437 e. The Morgan fingerprint density at radius 1 is 0.870 bits per heavy atom. The highest BCUT2D eigenvalue weighted by molar-refractivity contribution is 5.58. The second-order valence-corrected chi connectivity index (χ2v) is 5.11. The number of para-hydroxylation sites is 1. The molecule has 0 spiro atoms. The molecule has 0 aliphatic heterocycles. The summed E-state index contributed by atoms with van der Waals surface area (Å²) in [4.78, 5) is 0. The first-order chi connectivity index (χ1) is 11.4. The highest BCUT2D eigenvalue weighted by Gasteiger charge is 2.05. The molecule has 0 aliphatic rings. The number of ether oxygens (including phenoxy) is 1. The van der Waals surface area contributed by atoms with Gasteiger partial charge in [-0.1, -0.05) is 60.7 Å². The zero-order valence-corrected chi connectivity index (χ0v) is 13.0. The number of benzene rings is 2. The molecule has 3 aromatic rings. The molecule has 0 amide bonds. The minimum atomic E-state index is 0.498. The molecule has 114 valence electrons. The molecular formula is C20H18N2O. The van der Waals surface area contributed by atoms with Gasteiger partial charge in [0.2, 0.25) is 5.88 Å². The van der Waals surface area contributed by atoms with E-state index in [-0.39, 0.29) is 0 Å². The van der Waals surface area contributed by atoms with Gasteiger partial charge < -0.3 is 4.74 Å². The van der Waals surface area contributed by atoms with Gasteiger partial charge in [-0.05, 0) is 31.0 Å². The Bertz CT molecular complexity index is 780. The summed E-state index contributed by atoms with van der Waals surface area (Å²) >= 11 is 0. The molecule has 0 atom stereocenters. The maximum absolute atomic E-state index is 5.89.